The molecule has 0 fully saturated rings. The van der Waals surface area contributed by atoms with Crippen LogP contribution in [0, 0.1) is 5.82 Å². The number of rotatable bonds is 4. The van der Waals surface area contributed by atoms with E-state index in [1.165, 1.54) is 6.07 Å². The van der Waals surface area contributed by atoms with Crippen molar-refractivity contribution >= 4 is 10.9 Å². The Balaban J connectivity index is 1.82. The first-order chi connectivity index (χ1) is 10.3. The highest BCUT2D eigenvalue weighted by molar-refractivity contribution is 5.78. The Morgan fingerprint density at radius 3 is 2.86 bits per heavy atom. The molecule has 0 aliphatic carbocycles. The number of pyridine rings is 1. The Morgan fingerprint density at radius 2 is 2.00 bits per heavy atom. The number of halogens is 1. The number of benzene rings is 2. The van der Waals surface area contributed by atoms with Crippen molar-refractivity contribution < 1.29 is 9.13 Å². The van der Waals surface area contributed by atoms with Crippen molar-refractivity contribution in [3.05, 3.63) is 71.7 Å². The lowest BCUT2D eigenvalue weighted by molar-refractivity contribution is 0.301. The van der Waals surface area contributed by atoms with Crippen molar-refractivity contribution in [3.63, 3.8) is 0 Å². The Kier molecular flexibility index (Phi) is 3.79. The molecule has 0 spiro atoms. The summed E-state index contributed by atoms with van der Waals surface area (Å²) in [4.78, 5) is 4.27. The lowest BCUT2D eigenvalue weighted by Gasteiger charge is -2.11. The highest BCUT2D eigenvalue weighted by Gasteiger charge is 2.08. The second-order valence-corrected chi connectivity index (χ2v) is 4.74. The quantitative estimate of drug-likeness (QED) is 0.797. The highest BCUT2D eigenvalue weighted by atomic mass is 19.1. The molecule has 0 atom stereocenters. The third-order valence-corrected chi connectivity index (χ3v) is 3.34. The predicted octanol–water partition coefficient (Wildman–Crippen LogP) is 3.41. The molecule has 0 bridgehead atoms. The lowest BCUT2D eigenvalue weighted by Crippen LogP contribution is -2.05. The van der Waals surface area contributed by atoms with E-state index in [2.05, 4.69) is 4.98 Å². The molecule has 0 saturated carbocycles. The maximum Gasteiger partial charge on any atom is 0.131 e. The molecular formula is C17H15FN2O. The van der Waals surface area contributed by atoms with E-state index in [4.69, 9.17) is 10.5 Å². The van der Waals surface area contributed by atoms with Gasteiger partial charge >= 0.3 is 0 Å². The first kappa shape index (κ1) is 13.5. The second-order valence-electron chi connectivity index (χ2n) is 4.74. The Hall–Kier alpha value is -2.46. The van der Waals surface area contributed by atoms with Crippen LogP contribution in [0.5, 0.6) is 5.75 Å². The van der Waals surface area contributed by atoms with Gasteiger partial charge in [0.25, 0.3) is 0 Å². The molecule has 1 aromatic heterocycles. The average molecular weight is 282 g/mol. The van der Waals surface area contributed by atoms with Gasteiger partial charge in [0, 0.05) is 23.7 Å². The number of aromatic nitrogens is 1. The number of ether oxygens (including phenoxy) is 1. The molecule has 1 heterocycles. The zero-order valence-electron chi connectivity index (χ0n) is 11.4. The summed E-state index contributed by atoms with van der Waals surface area (Å²) in [5.41, 5.74) is 7.91. The minimum atomic E-state index is -0.335. The molecule has 106 valence electrons. The summed E-state index contributed by atoms with van der Waals surface area (Å²) in [5, 5.41) is 1.05. The van der Waals surface area contributed by atoms with Gasteiger partial charge in [-0.05, 0) is 35.9 Å². The van der Waals surface area contributed by atoms with Gasteiger partial charge in [0.1, 0.15) is 18.2 Å². The smallest absolute Gasteiger partial charge is 0.131 e. The summed E-state index contributed by atoms with van der Waals surface area (Å²) in [6.45, 7) is 0.477. The van der Waals surface area contributed by atoms with Crippen LogP contribution in [0.15, 0.2) is 54.7 Å². The number of fused-ring (bicyclic) bond motifs is 1. The van der Waals surface area contributed by atoms with E-state index in [0.717, 1.165) is 16.5 Å². The standard InChI is InChI=1S/C17H15FN2O/c18-15-4-1-5-17(14(15)10-19)21-11-12-6-7-16-13(9-12)3-2-8-20-16/h1-9H,10-11,19H2. The predicted molar refractivity (Wildman–Crippen MR) is 80.4 cm³/mol. The summed E-state index contributed by atoms with van der Waals surface area (Å²) >= 11 is 0. The fraction of sp³-hybridized carbons (Fsp3) is 0.118. The molecule has 0 amide bonds. The van der Waals surface area contributed by atoms with Gasteiger partial charge in [-0.15, -0.1) is 0 Å². The van der Waals surface area contributed by atoms with E-state index < -0.39 is 0 Å². The fourth-order valence-electron chi connectivity index (χ4n) is 2.25. The minimum Gasteiger partial charge on any atom is -0.488 e. The molecule has 0 radical (unpaired) electrons. The lowest BCUT2D eigenvalue weighted by atomic mass is 10.1. The zero-order valence-corrected chi connectivity index (χ0v) is 11.4. The molecule has 0 aliphatic heterocycles. The molecule has 2 aromatic carbocycles. The summed E-state index contributed by atoms with van der Waals surface area (Å²) in [5.74, 6) is 0.154. The van der Waals surface area contributed by atoms with E-state index >= 15 is 0 Å². The Morgan fingerprint density at radius 1 is 1.10 bits per heavy atom. The topological polar surface area (TPSA) is 48.1 Å². The first-order valence-corrected chi connectivity index (χ1v) is 6.72. The third kappa shape index (κ3) is 2.85. The molecule has 3 nitrogen and oxygen atoms in total. The number of hydrogen-bond donors (Lipinski definition) is 1. The number of nitrogens with zero attached hydrogens (tertiary/aromatic N) is 1. The van der Waals surface area contributed by atoms with Gasteiger partial charge in [0.2, 0.25) is 0 Å². The Bertz CT molecular complexity index is 774. The van der Waals surface area contributed by atoms with E-state index in [0.29, 0.717) is 17.9 Å². The molecular weight excluding hydrogens is 267 g/mol. The van der Waals surface area contributed by atoms with Gasteiger partial charge in [0.05, 0.1) is 5.52 Å². The van der Waals surface area contributed by atoms with Gasteiger partial charge in [-0.1, -0.05) is 18.2 Å². The monoisotopic (exact) mass is 282 g/mol. The van der Waals surface area contributed by atoms with Gasteiger partial charge in [-0.2, -0.15) is 0 Å². The fourth-order valence-corrected chi connectivity index (χ4v) is 2.25. The van der Waals surface area contributed by atoms with Crippen molar-refractivity contribution in [2.24, 2.45) is 5.73 Å². The van der Waals surface area contributed by atoms with Crippen molar-refractivity contribution in [1.29, 1.82) is 0 Å². The van der Waals surface area contributed by atoms with Crippen LogP contribution in [-0.2, 0) is 13.2 Å². The van der Waals surface area contributed by atoms with E-state index in [1.807, 2.05) is 30.3 Å². The molecule has 0 aliphatic rings. The maximum atomic E-state index is 13.6. The van der Waals surface area contributed by atoms with Crippen LogP contribution in [0.4, 0.5) is 4.39 Å². The minimum absolute atomic E-state index is 0.115. The Labute approximate surface area is 122 Å². The molecule has 21 heavy (non-hydrogen) atoms. The average Bonchev–Trinajstić information content (AvgIpc) is 2.52. The van der Waals surface area contributed by atoms with Crippen LogP contribution >= 0.6 is 0 Å². The van der Waals surface area contributed by atoms with Crippen molar-refractivity contribution in [2.45, 2.75) is 13.2 Å². The van der Waals surface area contributed by atoms with E-state index in [1.54, 1.807) is 18.3 Å². The molecule has 4 heteroatoms. The van der Waals surface area contributed by atoms with Gasteiger partial charge in [-0.3, -0.25) is 4.98 Å². The molecule has 0 unspecified atom stereocenters. The maximum absolute atomic E-state index is 13.6. The van der Waals surface area contributed by atoms with Crippen LogP contribution in [0.2, 0.25) is 0 Å². The third-order valence-electron chi connectivity index (χ3n) is 3.34. The van der Waals surface area contributed by atoms with Crippen LogP contribution in [-0.4, -0.2) is 4.98 Å². The first-order valence-electron chi connectivity index (χ1n) is 6.72. The van der Waals surface area contributed by atoms with Crippen LogP contribution in [0.3, 0.4) is 0 Å². The van der Waals surface area contributed by atoms with Crippen molar-refractivity contribution in [3.8, 4) is 5.75 Å². The molecule has 2 N–H and O–H groups in total. The van der Waals surface area contributed by atoms with E-state index in [-0.39, 0.29) is 12.4 Å². The molecule has 3 aromatic rings. The van der Waals surface area contributed by atoms with Crippen LogP contribution in [0.25, 0.3) is 10.9 Å². The van der Waals surface area contributed by atoms with Gasteiger partial charge in [-0.25, -0.2) is 4.39 Å². The van der Waals surface area contributed by atoms with Crippen molar-refractivity contribution in [1.82, 2.24) is 4.98 Å². The molecule has 3 rings (SSSR count). The zero-order chi connectivity index (χ0) is 14.7. The largest absolute Gasteiger partial charge is 0.488 e. The summed E-state index contributed by atoms with van der Waals surface area (Å²) in [6, 6.07) is 14.5. The normalized spacial score (nSPS) is 10.8. The highest BCUT2D eigenvalue weighted by Crippen LogP contribution is 2.22. The summed E-state index contributed by atoms with van der Waals surface area (Å²) in [6.07, 6.45) is 1.76. The molecule has 0 saturated heterocycles. The van der Waals surface area contributed by atoms with Gasteiger partial charge in [0.15, 0.2) is 0 Å². The van der Waals surface area contributed by atoms with E-state index in [9.17, 15) is 4.39 Å². The van der Waals surface area contributed by atoms with Crippen LogP contribution < -0.4 is 10.5 Å². The SMILES string of the molecule is NCc1c(F)cccc1OCc1ccc2ncccc2c1. The summed E-state index contributed by atoms with van der Waals surface area (Å²) in [7, 11) is 0. The van der Waals surface area contributed by atoms with Crippen molar-refractivity contribution in [2.75, 3.05) is 0 Å². The second kappa shape index (κ2) is 5.89. The van der Waals surface area contributed by atoms with Crippen LogP contribution in [0.1, 0.15) is 11.1 Å². The number of hydrogen-bond acceptors (Lipinski definition) is 3. The summed E-state index contributed by atoms with van der Waals surface area (Å²) < 4.78 is 19.3. The van der Waals surface area contributed by atoms with Gasteiger partial charge < -0.3 is 10.5 Å². The number of nitrogens with two attached hydrogens (primary N) is 1.